The van der Waals surface area contributed by atoms with E-state index in [1.807, 2.05) is 0 Å². The number of carbonyl (C=O) groups is 1. The zero-order valence-corrected chi connectivity index (χ0v) is 14.4. The fourth-order valence-corrected chi connectivity index (χ4v) is 2.80. The second-order valence-electron chi connectivity index (χ2n) is 5.41. The van der Waals surface area contributed by atoms with Crippen LogP contribution in [-0.2, 0) is 15.3 Å². The highest BCUT2D eigenvalue weighted by Gasteiger charge is 2.35. The van der Waals surface area contributed by atoms with Crippen LogP contribution < -0.4 is 15.4 Å². The third kappa shape index (κ3) is 5.53. The molecule has 6 nitrogen and oxygen atoms in total. The first-order valence-corrected chi connectivity index (χ1v) is 9.00. The first-order valence-electron chi connectivity index (χ1n) is 7.39. The summed E-state index contributed by atoms with van der Waals surface area (Å²) in [7, 11) is -4.66. The number of carbonyl (C=O) groups excluding carboxylic acids is 1. The fraction of sp³-hybridized carbons (Fsp3) is 0.188. The second-order valence-corrected chi connectivity index (χ2v) is 6.98. The van der Waals surface area contributed by atoms with Crippen molar-refractivity contribution in [3.05, 3.63) is 59.7 Å². The van der Waals surface area contributed by atoms with E-state index in [1.54, 1.807) is 5.32 Å². The minimum Gasteiger partial charge on any atom is -0.483 e. The maximum Gasteiger partial charge on any atom is 0.359 e. The van der Waals surface area contributed by atoms with Crippen molar-refractivity contribution in [2.75, 3.05) is 13.2 Å². The van der Waals surface area contributed by atoms with Gasteiger partial charge >= 0.3 is 7.60 Å². The van der Waals surface area contributed by atoms with Gasteiger partial charge < -0.3 is 19.8 Å². The van der Waals surface area contributed by atoms with E-state index in [9.17, 15) is 36.7 Å². The van der Waals surface area contributed by atoms with Gasteiger partial charge in [0.25, 0.3) is 11.8 Å². The zero-order valence-electron chi connectivity index (χ0n) is 13.5. The van der Waals surface area contributed by atoms with Crippen LogP contribution in [0.2, 0.25) is 0 Å². The lowest BCUT2D eigenvalue weighted by atomic mass is 10.1. The standard InChI is InChI=1S/C16H14F4NO5P/c17-10-5-6-12(18)11(7-10)16(19,20)9-21-15(22)8-26-13-3-1-2-4-14(13)27(23,24)25/h1-7H,8-9H2,(H,21,22)(H2,23,24,25). The van der Waals surface area contributed by atoms with Gasteiger partial charge in [0.15, 0.2) is 6.61 Å². The smallest absolute Gasteiger partial charge is 0.359 e. The molecule has 0 aromatic heterocycles. The van der Waals surface area contributed by atoms with E-state index in [1.165, 1.54) is 18.2 Å². The molecule has 0 atom stereocenters. The molecule has 11 heteroatoms. The molecule has 0 aliphatic heterocycles. The molecule has 2 rings (SSSR count). The minimum atomic E-state index is -4.66. The summed E-state index contributed by atoms with van der Waals surface area (Å²) in [6.45, 7) is -2.14. The SMILES string of the molecule is O=C(COc1ccccc1P(=O)(O)O)NCC(F)(F)c1cc(F)ccc1F. The molecule has 2 aromatic carbocycles. The van der Waals surface area contributed by atoms with E-state index in [-0.39, 0.29) is 5.75 Å². The van der Waals surface area contributed by atoms with Crippen LogP contribution in [0.25, 0.3) is 0 Å². The molecule has 0 aliphatic rings. The lowest BCUT2D eigenvalue weighted by Gasteiger charge is -2.18. The quantitative estimate of drug-likeness (QED) is 0.483. The Balaban J connectivity index is 1.99. The largest absolute Gasteiger partial charge is 0.483 e. The van der Waals surface area contributed by atoms with E-state index in [0.29, 0.717) is 18.2 Å². The van der Waals surface area contributed by atoms with E-state index >= 15 is 0 Å². The van der Waals surface area contributed by atoms with Crippen molar-refractivity contribution >= 4 is 18.8 Å². The second kappa shape index (κ2) is 8.08. The first-order chi connectivity index (χ1) is 12.5. The van der Waals surface area contributed by atoms with E-state index < -0.39 is 55.1 Å². The molecule has 0 fully saturated rings. The van der Waals surface area contributed by atoms with Gasteiger partial charge in [-0.25, -0.2) is 8.78 Å². The molecule has 0 spiro atoms. The lowest BCUT2D eigenvalue weighted by Crippen LogP contribution is -2.38. The number of hydrogen-bond acceptors (Lipinski definition) is 3. The Labute approximate surface area is 150 Å². The van der Waals surface area contributed by atoms with Crippen LogP contribution in [0.15, 0.2) is 42.5 Å². The van der Waals surface area contributed by atoms with Gasteiger partial charge in [0.05, 0.1) is 12.1 Å². The molecule has 2 aromatic rings. The van der Waals surface area contributed by atoms with Crippen molar-refractivity contribution in [2.24, 2.45) is 0 Å². The van der Waals surface area contributed by atoms with Gasteiger partial charge in [-0.05, 0) is 30.3 Å². The highest BCUT2D eigenvalue weighted by Crippen LogP contribution is 2.37. The Morgan fingerprint density at radius 1 is 1.15 bits per heavy atom. The number of ether oxygens (including phenoxy) is 1. The molecule has 0 aliphatic carbocycles. The Morgan fingerprint density at radius 3 is 2.48 bits per heavy atom. The van der Waals surface area contributed by atoms with Crippen molar-refractivity contribution in [1.29, 1.82) is 0 Å². The number of benzene rings is 2. The molecule has 0 radical (unpaired) electrons. The van der Waals surface area contributed by atoms with Gasteiger partial charge in [-0.3, -0.25) is 9.36 Å². The highest BCUT2D eigenvalue weighted by molar-refractivity contribution is 7.60. The van der Waals surface area contributed by atoms with Crippen LogP contribution in [0.1, 0.15) is 5.56 Å². The number of nitrogens with one attached hydrogen (secondary N) is 1. The number of halogens is 4. The molecule has 0 bridgehead atoms. The molecule has 27 heavy (non-hydrogen) atoms. The molecule has 0 saturated carbocycles. The summed E-state index contributed by atoms with van der Waals surface area (Å²) in [5.74, 6) is -7.61. The van der Waals surface area contributed by atoms with Crippen LogP contribution in [0, 0.1) is 11.6 Å². The normalized spacial score (nSPS) is 11.9. The van der Waals surface area contributed by atoms with Gasteiger partial charge in [0.1, 0.15) is 22.7 Å². The average molecular weight is 407 g/mol. The molecule has 0 unspecified atom stereocenters. The summed E-state index contributed by atoms with van der Waals surface area (Å²) in [6, 6.07) is 6.58. The fourth-order valence-electron chi connectivity index (χ4n) is 2.10. The third-order valence-corrected chi connectivity index (χ3v) is 4.36. The summed E-state index contributed by atoms with van der Waals surface area (Å²) in [5.41, 5.74) is -1.21. The third-order valence-electron chi connectivity index (χ3n) is 3.37. The van der Waals surface area contributed by atoms with Crippen LogP contribution in [-0.4, -0.2) is 28.8 Å². The Hall–Kier alpha value is -2.42. The molecule has 1 amide bonds. The molecule has 146 valence electrons. The molecule has 3 N–H and O–H groups in total. The van der Waals surface area contributed by atoms with Crippen molar-refractivity contribution in [3.63, 3.8) is 0 Å². The van der Waals surface area contributed by atoms with E-state index in [4.69, 9.17) is 4.74 Å². The highest BCUT2D eigenvalue weighted by atomic mass is 31.2. The van der Waals surface area contributed by atoms with Crippen LogP contribution in [0.3, 0.4) is 0 Å². The first kappa shape index (κ1) is 20.9. The Bertz CT molecular complexity index is 887. The maximum atomic E-state index is 14.0. The van der Waals surface area contributed by atoms with Gasteiger partial charge in [-0.1, -0.05) is 12.1 Å². The van der Waals surface area contributed by atoms with Crippen LogP contribution >= 0.6 is 7.60 Å². The van der Waals surface area contributed by atoms with Gasteiger partial charge in [-0.15, -0.1) is 0 Å². The summed E-state index contributed by atoms with van der Waals surface area (Å²) < 4.78 is 70.7. The number of rotatable bonds is 7. The Kier molecular flexibility index (Phi) is 6.25. The van der Waals surface area contributed by atoms with Gasteiger partial charge in [0, 0.05) is 0 Å². The molecular formula is C16H14F4NO5P. The molecule has 0 heterocycles. The van der Waals surface area contributed by atoms with Crippen molar-refractivity contribution in [3.8, 4) is 5.75 Å². The summed E-state index contributed by atoms with van der Waals surface area (Å²) >= 11 is 0. The molecular weight excluding hydrogens is 393 g/mol. The van der Waals surface area contributed by atoms with Crippen LogP contribution in [0.4, 0.5) is 17.6 Å². The van der Waals surface area contributed by atoms with Gasteiger partial charge in [-0.2, -0.15) is 8.78 Å². The lowest BCUT2D eigenvalue weighted by molar-refractivity contribution is -0.125. The van der Waals surface area contributed by atoms with Crippen LogP contribution in [0.5, 0.6) is 5.75 Å². The monoisotopic (exact) mass is 407 g/mol. The number of amides is 1. The summed E-state index contributed by atoms with van der Waals surface area (Å²) in [6.07, 6.45) is 0. The maximum absolute atomic E-state index is 14.0. The predicted octanol–water partition coefficient (Wildman–Crippen LogP) is 2.05. The van der Waals surface area contributed by atoms with Crippen molar-refractivity contribution in [1.82, 2.24) is 5.32 Å². The van der Waals surface area contributed by atoms with E-state index in [2.05, 4.69) is 0 Å². The minimum absolute atomic E-state index is 0.288. The zero-order chi connectivity index (χ0) is 20.2. The summed E-state index contributed by atoms with van der Waals surface area (Å²) in [5, 5.41) is 1.33. The predicted molar refractivity (Wildman–Crippen MR) is 86.9 cm³/mol. The Morgan fingerprint density at radius 2 is 1.81 bits per heavy atom. The van der Waals surface area contributed by atoms with Gasteiger partial charge in [0.2, 0.25) is 0 Å². The topological polar surface area (TPSA) is 95.9 Å². The summed E-state index contributed by atoms with van der Waals surface area (Å²) in [4.78, 5) is 30.0. The number of hydrogen-bond donors (Lipinski definition) is 3. The number of para-hydroxylation sites is 1. The van der Waals surface area contributed by atoms with Crippen molar-refractivity contribution < 1.29 is 41.4 Å². The average Bonchev–Trinajstić information content (AvgIpc) is 2.59. The van der Waals surface area contributed by atoms with Crippen molar-refractivity contribution in [2.45, 2.75) is 5.92 Å². The molecule has 0 saturated heterocycles. The number of alkyl halides is 2. The van der Waals surface area contributed by atoms with E-state index in [0.717, 1.165) is 6.07 Å².